The maximum atomic E-state index is 4.40. The third-order valence-electron chi connectivity index (χ3n) is 3.02. The van der Waals surface area contributed by atoms with E-state index in [9.17, 15) is 0 Å². The van der Waals surface area contributed by atoms with E-state index in [-0.39, 0.29) is 0 Å². The first-order valence-corrected chi connectivity index (χ1v) is 5.87. The monoisotopic (exact) mass is 238 g/mol. The van der Waals surface area contributed by atoms with E-state index in [1.807, 2.05) is 44.4 Å². The lowest BCUT2D eigenvalue weighted by molar-refractivity contribution is 1.12. The van der Waals surface area contributed by atoms with Crippen molar-refractivity contribution in [3.05, 3.63) is 42.2 Å². The number of pyridine rings is 1. The SMILES string of the molecule is CNc1ccc2[nH]nc(-c3ccnc(C)c3)c2c1. The van der Waals surface area contributed by atoms with Gasteiger partial charge in [0.25, 0.3) is 0 Å². The second-order valence-corrected chi connectivity index (χ2v) is 4.27. The van der Waals surface area contributed by atoms with Gasteiger partial charge in [0.15, 0.2) is 0 Å². The summed E-state index contributed by atoms with van der Waals surface area (Å²) >= 11 is 0. The van der Waals surface area contributed by atoms with Crippen molar-refractivity contribution >= 4 is 16.6 Å². The zero-order valence-corrected chi connectivity index (χ0v) is 10.4. The fraction of sp³-hybridized carbons (Fsp3) is 0.143. The molecule has 0 amide bonds. The van der Waals surface area contributed by atoms with Crippen LogP contribution < -0.4 is 5.32 Å². The molecule has 0 unspecified atom stereocenters. The molecule has 0 atom stereocenters. The molecule has 0 saturated carbocycles. The summed E-state index contributed by atoms with van der Waals surface area (Å²) in [6.07, 6.45) is 1.81. The second-order valence-electron chi connectivity index (χ2n) is 4.27. The van der Waals surface area contributed by atoms with Crippen LogP contribution in [0.25, 0.3) is 22.2 Å². The third-order valence-corrected chi connectivity index (χ3v) is 3.02. The lowest BCUT2D eigenvalue weighted by atomic mass is 10.1. The number of nitrogens with one attached hydrogen (secondary N) is 2. The van der Waals surface area contributed by atoms with Gasteiger partial charge in [-0.15, -0.1) is 0 Å². The van der Waals surface area contributed by atoms with Crippen molar-refractivity contribution in [2.45, 2.75) is 6.92 Å². The highest BCUT2D eigenvalue weighted by Crippen LogP contribution is 2.28. The average molecular weight is 238 g/mol. The Labute approximate surface area is 105 Å². The van der Waals surface area contributed by atoms with E-state index in [1.165, 1.54) is 0 Å². The summed E-state index contributed by atoms with van der Waals surface area (Å²) in [6.45, 7) is 1.98. The van der Waals surface area contributed by atoms with E-state index in [1.54, 1.807) is 0 Å². The molecule has 0 aliphatic heterocycles. The Morgan fingerprint density at radius 1 is 1.17 bits per heavy atom. The van der Waals surface area contributed by atoms with Crippen LogP contribution in [0.3, 0.4) is 0 Å². The summed E-state index contributed by atoms with van der Waals surface area (Å²) in [5.74, 6) is 0. The van der Waals surface area contributed by atoms with E-state index < -0.39 is 0 Å². The van der Waals surface area contributed by atoms with Crippen LogP contribution in [0.1, 0.15) is 5.69 Å². The molecule has 0 spiro atoms. The predicted octanol–water partition coefficient (Wildman–Crippen LogP) is 2.98. The Morgan fingerprint density at radius 2 is 2.06 bits per heavy atom. The van der Waals surface area contributed by atoms with Crippen LogP contribution in [-0.4, -0.2) is 22.2 Å². The van der Waals surface area contributed by atoms with Gasteiger partial charge < -0.3 is 5.32 Å². The van der Waals surface area contributed by atoms with Crippen LogP contribution in [0.4, 0.5) is 5.69 Å². The van der Waals surface area contributed by atoms with Crippen molar-refractivity contribution in [1.29, 1.82) is 0 Å². The topological polar surface area (TPSA) is 53.6 Å². The molecular weight excluding hydrogens is 224 g/mol. The molecule has 4 nitrogen and oxygen atoms in total. The molecule has 3 rings (SSSR count). The molecule has 2 aromatic heterocycles. The summed E-state index contributed by atoms with van der Waals surface area (Å²) in [4.78, 5) is 4.21. The average Bonchev–Trinajstić information content (AvgIpc) is 2.81. The molecule has 0 aliphatic carbocycles. The zero-order valence-electron chi connectivity index (χ0n) is 10.4. The van der Waals surface area contributed by atoms with Crippen LogP contribution >= 0.6 is 0 Å². The highest BCUT2D eigenvalue weighted by molar-refractivity contribution is 5.94. The van der Waals surface area contributed by atoms with Gasteiger partial charge in [-0.25, -0.2) is 0 Å². The molecule has 0 aliphatic rings. The van der Waals surface area contributed by atoms with Crippen LogP contribution in [0.5, 0.6) is 0 Å². The highest BCUT2D eigenvalue weighted by atomic mass is 15.1. The van der Waals surface area contributed by atoms with E-state index in [0.717, 1.165) is 33.5 Å². The number of aryl methyl sites for hydroxylation is 1. The molecule has 2 heterocycles. The fourth-order valence-corrected chi connectivity index (χ4v) is 2.08. The van der Waals surface area contributed by atoms with Crippen molar-refractivity contribution in [2.24, 2.45) is 0 Å². The molecule has 0 saturated heterocycles. The number of rotatable bonds is 2. The molecule has 0 bridgehead atoms. The minimum Gasteiger partial charge on any atom is -0.388 e. The van der Waals surface area contributed by atoms with Gasteiger partial charge >= 0.3 is 0 Å². The standard InChI is InChI=1S/C14H14N4/c1-9-7-10(5-6-16-9)14-12-8-11(15-2)3-4-13(12)17-18-14/h3-8,15H,1-2H3,(H,17,18). The van der Waals surface area contributed by atoms with Gasteiger partial charge in [0, 0.05) is 35.6 Å². The van der Waals surface area contributed by atoms with Crippen LogP contribution in [0.2, 0.25) is 0 Å². The molecule has 0 fully saturated rings. The molecule has 90 valence electrons. The third kappa shape index (κ3) is 1.72. The van der Waals surface area contributed by atoms with Gasteiger partial charge in [-0.3, -0.25) is 10.1 Å². The molecule has 4 heteroatoms. The Balaban J connectivity index is 2.22. The summed E-state index contributed by atoms with van der Waals surface area (Å²) < 4.78 is 0. The second kappa shape index (κ2) is 4.14. The summed E-state index contributed by atoms with van der Waals surface area (Å²) in [7, 11) is 1.91. The van der Waals surface area contributed by atoms with E-state index in [0.29, 0.717) is 0 Å². The highest BCUT2D eigenvalue weighted by Gasteiger charge is 2.08. The van der Waals surface area contributed by atoms with Crippen molar-refractivity contribution < 1.29 is 0 Å². The zero-order chi connectivity index (χ0) is 12.5. The number of nitrogens with zero attached hydrogens (tertiary/aromatic N) is 2. The van der Waals surface area contributed by atoms with Crippen LogP contribution in [-0.2, 0) is 0 Å². The van der Waals surface area contributed by atoms with Gasteiger partial charge in [-0.1, -0.05) is 0 Å². The quantitative estimate of drug-likeness (QED) is 0.721. The smallest absolute Gasteiger partial charge is 0.100 e. The normalized spacial score (nSPS) is 10.8. The first-order valence-electron chi connectivity index (χ1n) is 5.87. The van der Waals surface area contributed by atoms with Gasteiger partial charge in [0.1, 0.15) is 5.69 Å². The largest absolute Gasteiger partial charge is 0.388 e. The summed E-state index contributed by atoms with van der Waals surface area (Å²) in [6, 6.07) is 10.2. The summed E-state index contributed by atoms with van der Waals surface area (Å²) in [5.41, 5.74) is 5.16. The molecule has 0 radical (unpaired) electrons. The number of aromatic amines is 1. The first-order chi connectivity index (χ1) is 8.78. The predicted molar refractivity (Wildman–Crippen MR) is 73.6 cm³/mol. The van der Waals surface area contributed by atoms with E-state index in [4.69, 9.17) is 0 Å². The maximum absolute atomic E-state index is 4.40. The number of benzene rings is 1. The molecular formula is C14H14N4. The minimum atomic E-state index is 0.965. The van der Waals surface area contributed by atoms with E-state index >= 15 is 0 Å². The van der Waals surface area contributed by atoms with Gasteiger partial charge in [0.05, 0.1) is 5.52 Å². The van der Waals surface area contributed by atoms with E-state index in [2.05, 4.69) is 26.6 Å². The lowest BCUT2D eigenvalue weighted by Gasteiger charge is -2.01. The van der Waals surface area contributed by atoms with Gasteiger partial charge in [-0.2, -0.15) is 5.10 Å². The minimum absolute atomic E-state index is 0.965. The van der Waals surface area contributed by atoms with Crippen molar-refractivity contribution in [3.63, 3.8) is 0 Å². The first kappa shape index (κ1) is 10.8. The van der Waals surface area contributed by atoms with Crippen molar-refractivity contribution in [1.82, 2.24) is 15.2 Å². The van der Waals surface area contributed by atoms with Crippen molar-refractivity contribution in [2.75, 3.05) is 12.4 Å². The Hall–Kier alpha value is -2.36. The Kier molecular flexibility index (Phi) is 2.48. The number of fused-ring (bicyclic) bond motifs is 1. The number of hydrogen-bond donors (Lipinski definition) is 2. The lowest BCUT2D eigenvalue weighted by Crippen LogP contribution is -1.87. The maximum Gasteiger partial charge on any atom is 0.100 e. The number of aromatic nitrogens is 3. The summed E-state index contributed by atoms with van der Waals surface area (Å²) in [5, 5.41) is 11.7. The van der Waals surface area contributed by atoms with Crippen LogP contribution in [0, 0.1) is 6.92 Å². The Morgan fingerprint density at radius 3 is 2.83 bits per heavy atom. The Bertz CT molecular complexity index is 700. The molecule has 2 N–H and O–H groups in total. The van der Waals surface area contributed by atoms with Gasteiger partial charge in [-0.05, 0) is 37.3 Å². The number of H-pyrrole nitrogens is 1. The molecule has 3 aromatic rings. The van der Waals surface area contributed by atoms with Crippen LogP contribution in [0.15, 0.2) is 36.5 Å². The molecule has 18 heavy (non-hydrogen) atoms. The fourth-order valence-electron chi connectivity index (χ4n) is 2.08. The number of hydrogen-bond acceptors (Lipinski definition) is 3. The van der Waals surface area contributed by atoms with Crippen molar-refractivity contribution in [3.8, 4) is 11.3 Å². The number of anilines is 1. The molecule has 1 aromatic carbocycles. The van der Waals surface area contributed by atoms with Gasteiger partial charge in [0.2, 0.25) is 0 Å².